The Morgan fingerprint density at radius 2 is 0.574 bits per heavy atom. The number of fused-ring (bicyclic) bond motifs is 14. The van der Waals surface area contributed by atoms with Gasteiger partial charge in [-0.2, -0.15) is 9.80 Å². The zero-order valence-electron chi connectivity index (χ0n) is 38.8. The molecule has 5 aliphatic rings. The molecule has 0 bridgehead atoms. The second kappa shape index (κ2) is 15.2. The summed E-state index contributed by atoms with van der Waals surface area (Å²) in [5.41, 5.74) is 12.2. The van der Waals surface area contributed by atoms with Gasteiger partial charge in [0.1, 0.15) is 11.4 Å². The maximum atomic E-state index is 2.70. The van der Waals surface area contributed by atoms with Crippen molar-refractivity contribution in [1.29, 1.82) is 0 Å². The monoisotopic (exact) mass is 886 g/mol. The van der Waals surface area contributed by atoms with E-state index in [1.165, 1.54) is 45.3 Å². The van der Waals surface area contributed by atoms with Crippen LogP contribution in [0.3, 0.4) is 0 Å². The van der Waals surface area contributed by atoms with Crippen LogP contribution in [-0.4, -0.2) is 46.2 Å². The fourth-order valence-electron chi connectivity index (χ4n) is 12.4. The Morgan fingerprint density at radius 3 is 0.897 bits per heavy atom. The first-order valence-corrected chi connectivity index (χ1v) is 24.1. The Hall–Kier alpha value is -8.10. The predicted octanol–water partition coefficient (Wildman–Crippen LogP) is 12.9. The van der Waals surface area contributed by atoms with E-state index in [0.29, 0.717) is 0 Å². The molecular weight excluding hydrogens is 833 g/mol. The lowest BCUT2D eigenvalue weighted by atomic mass is 9.90. The van der Waals surface area contributed by atoms with Crippen molar-refractivity contribution < 1.29 is 9.15 Å². The molecule has 4 unspecified atom stereocenters. The summed E-state index contributed by atoms with van der Waals surface area (Å²) >= 11 is 0. The summed E-state index contributed by atoms with van der Waals surface area (Å²) in [4.78, 5) is 15.7. The first-order valence-electron chi connectivity index (χ1n) is 24.1. The van der Waals surface area contributed by atoms with Gasteiger partial charge in [0.2, 0.25) is 25.0 Å². The minimum atomic E-state index is -0.891. The van der Waals surface area contributed by atoms with Gasteiger partial charge in [-0.3, -0.25) is 0 Å². The predicted molar refractivity (Wildman–Crippen MR) is 279 cm³/mol. The van der Waals surface area contributed by atoms with Gasteiger partial charge >= 0.3 is 11.3 Å². The lowest BCUT2D eigenvalue weighted by molar-refractivity contribution is -0.663. The van der Waals surface area contributed by atoms with Crippen molar-refractivity contribution >= 4 is 69.6 Å². The number of nitrogens with zero attached hydrogens (tertiary/aromatic N) is 8. The Morgan fingerprint density at radius 1 is 0.309 bits per heavy atom. The number of hydrogen-bond acceptors (Lipinski definition) is 6. The average molecular weight is 887 g/mol. The van der Waals surface area contributed by atoms with E-state index in [-0.39, 0.29) is 24.4 Å². The second-order valence-electron chi connectivity index (χ2n) is 19.0. The summed E-state index contributed by atoms with van der Waals surface area (Å²) in [7, 11) is 0. The quantitative estimate of drug-likeness (QED) is 0.154. The van der Waals surface area contributed by atoms with Crippen LogP contribution in [0, 0.1) is 0 Å². The molecule has 0 saturated carbocycles. The zero-order chi connectivity index (χ0) is 45.7. The standard InChI is InChI=1S/C60H54N8/c1-43(2)61-41-63(45-25-9-5-10-26-45)60(50-34-18-20-36-52(50)68-56-40-24-22-38-54(56)66(58(60)68)48-31-15-8-16-32-48)62(44(3)4)42-64(46-27-11-6-12-28-46)59(61)49-33-17-19-35-51(49)67-55-39-23-21-37-53(55)65(57(59)67)47-29-13-7-14-30-47/h5-44,57-58H,1-4H3/q+2. The van der Waals surface area contributed by atoms with Gasteiger partial charge in [0, 0.05) is 11.4 Å². The van der Waals surface area contributed by atoms with Crippen LogP contribution in [-0.2, 0) is 11.3 Å². The third kappa shape index (κ3) is 5.31. The average Bonchev–Trinajstić information content (AvgIpc) is 4.09. The lowest BCUT2D eigenvalue weighted by Gasteiger charge is -2.49. The largest absolute Gasteiger partial charge is 0.317 e. The van der Waals surface area contributed by atoms with Gasteiger partial charge in [-0.15, -0.1) is 0 Å². The van der Waals surface area contributed by atoms with Crippen LogP contribution in [0.4, 0.5) is 56.9 Å². The summed E-state index contributed by atoms with van der Waals surface area (Å²) in [6.07, 6.45) is 4.49. The molecule has 2 spiro atoms. The Balaban J connectivity index is 1.22. The number of benzene rings is 8. The second-order valence-corrected chi connectivity index (χ2v) is 19.0. The van der Waals surface area contributed by atoms with Gasteiger partial charge in [-0.05, 0) is 125 Å². The molecule has 0 N–H and O–H groups in total. The highest BCUT2D eigenvalue weighted by Crippen LogP contribution is 2.64. The van der Waals surface area contributed by atoms with Crippen LogP contribution in [0.25, 0.3) is 0 Å². The number of hydrogen-bond donors (Lipinski definition) is 0. The van der Waals surface area contributed by atoms with Crippen LogP contribution in [0.15, 0.2) is 218 Å². The van der Waals surface area contributed by atoms with Crippen molar-refractivity contribution in [2.75, 3.05) is 29.4 Å². The van der Waals surface area contributed by atoms with Gasteiger partial charge in [0.05, 0.1) is 57.3 Å². The maximum absolute atomic E-state index is 2.70. The molecule has 5 heterocycles. The number of para-hydroxylation sites is 10. The van der Waals surface area contributed by atoms with E-state index in [1.54, 1.807) is 0 Å². The van der Waals surface area contributed by atoms with E-state index in [9.17, 15) is 0 Å². The lowest BCUT2D eigenvalue weighted by Crippen LogP contribution is -2.73. The molecule has 8 aromatic rings. The van der Waals surface area contributed by atoms with Crippen LogP contribution in [0.1, 0.15) is 38.8 Å². The first kappa shape index (κ1) is 40.2. The summed E-state index contributed by atoms with van der Waals surface area (Å²) in [5, 5.41) is 0. The highest BCUT2D eigenvalue weighted by molar-refractivity contribution is 5.98. The third-order valence-corrected chi connectivity index (χ3v) is 14.9. The molecule has 68 heavy (non-hydrogen) atoms. The van der Waals surface area contributed by atoms with Crippen LogP contribution >= 0.6 is 0 Å². The molecule has 13 rings (SSSR count). The fourth-order valence-corrected chi connectivity index (χ4v) is 12.4. The first-order chi connectivity index (χ1) is 33.5. The number of anilines is 10. The molecule has 8 heteroatoms. The van der Waals surface area contributed by atoms with E-state index in [1.807, 2.05) is 0 Å². The van der Waals surface area contributed by atoms with Gasteiger partial charge in [-0.1, -0.05) is 121 Å². The van der Waals surface area contributed by atoms with E-state index in [0.717, 1.165) is 22.7 Å². The Kier molecular flexibility index (Phi) is 9.00. The minimum Gasteiger partial charge on any atom is -0.310 e. The Labute approximate surface area is 399 Å². The molecule has 0 saturated heterocycles. The molecule has 0 aromatic heterocycles. The van der Waals surface area contributed by atoms with Crippen molar-refractivity contribution in [3.8, 4) is 0 Å². The SMILES string of the molecule is CC(C)[N+]1=CN(c2ccccc2)C2(c3ccccc3N3c4ccccc4N(c4ccccc4)C32)[N+](C(C)C)=CN(c2ccccc2)C12c1ccccc1N1c3ccccc3N(c3ccccc3)C12. The van der Waals surface area contributed by atoms with Crippen molar-refractivity contribution in [1.82, 2.24) is 0 Å². The van der Waals surface area contributed by atoms with Crippen molar-refractivity contribution in [3.63, 3.8) is 0 Å². The highest BCUT2D eigenvalue weighted by atomic mass is 15.6. The molecule has 8 aromatic carbocycles. The van der Waals surface area contributed by atoms with E-state index >= 15 is 0 Å². The fraction of sp³-hybridized carbons (Fsp3) is 0.167. The maximum Gasteiger partial charge on any atom is 0.317 e. The van der Waals surface area contributed by atoms with Crippen molar-refractivity contribution in [3.05, 3.63) is 230 Å². The summed E-state index contributed by atoms with van der Waals surface area (Å²) in [6.45, 7) is 9.48. The van der Waals surface area contributed by atoms with Gasteiger partial charge in [-0.25, -0.2) is 9.15 Å². The molecule has 0 fully saturated rings. The normalized spacial score (nSPS) is 21.9. The molecule has 0 radical (unpaired) electrons. The molecular formula is C60H54N8+2. The van der Waals surface area contributed by atoms with E-state index < -0.39 is 11.3 Å². The molecule has 4 atom stereocenters. The summed E-state index contributed by atoms with van der Waals surface area (Å²) < 4.78 is 5.41. The van der Waals surface area contributed by atoms with Crippen LogP contribution in [0.5, 0.6) is 0 Å². The van der Waals surface area contributed by atoms with Crippen molar-refractivity contribution in [2.45, 2.75) is 63.4 Å². The molecule has 332 valence electrons. The van der Waals surface area contributed by atoms with Crippen molar-refractivity contribution in [2.24, 2.45) is 0 Å². The molecule has 0 amide bonds. The minimum absolute atomic E-state index is 0.0171. The third-order valence-electron chi connectivity index (χ3n) is 14.9. The topological polar surface area (TPSA) is 25.5 Å². The van der Waals surface area contributed by atoms with Crippen LogP contribution in [0.2, 0.25) is 0 Å². The Bertz CT molecular complexity index is 3010. The highest BCUT2D eigenvalue weighted by Gasteiger charge is 2.75. The van der Waals surface area contributed by atoms with E-state index in [4.69, 9.17) is 0 Å². The van der Waals surface area contributed by atoms with Gasteiger partial charge in [0.15, 0.2) is 0 Å². The van der Waals surface area contributed by atoms with E-state index in [2.05, 4.69) is 297 Å². The molecule has 5 aliphatic heterocycles. The number of rotatable bonds is 6. The van der Waals surface area contributed by atoms with Crippen LogP contribution < -0.4 is 29.4 Å². The molecule has 0 aliphatic carbocycles. The summed E-state index contributed by atoms with van der Waals surface area (Å²) in [5.74, 6) is 0. The molecule has 8 nitrogen and oxygen atoms in total. The van der Waals surface area contributed by atoms with Gasteiger partial charge < -0.3 is 19.6 Å². The zero-order valence-corrected chi connectivity index (χ0v) is 38.8. The smallest absolute Gasteiger partial charge is 0.310 e. The summed E-state index contributed by atoms with van der Waals surface area (Å²) in [6, 6.07) is 80.5. The van der Waals surface area contributed by atoms with Gasteiger partial charge in [0.25, 0.3) is 0 Å².